The van der Waals surface area contributed by atoms with Crippen LogP contribution in [-0.2, 0) is 10.0 Å². The Kier molecular flexibility index (Phi) is 5.32. The van der Waals surface area contributed by atoms with Gasteiger partial charge in [0, 0.05) is 11.3 Å². The number of carbonyl (C=O) groups excluding carboxylic acids is 1. The zero-order valence-electron chi connectivity index (χ0n) is 14.8. The number of phenols is 1. The van der Waals surface area contributed by atoms with E-state index in [0.717, 1.165) is 6.07 Å². The van der Waals surface area contributed by atoms with Gasteiger partial charge < -0.3 is 10.4 Å². The Morgan fingerprint density at radius 1 is 1.00 bits per heavy atom. The fourth-order valence-electron chi connectivity index (χ4n) is 2.46. The molecule has 28 heavy (non-hydrogen) atoms. The monoisotopic (exact) mass is 400 g/mol. The summed E-state index contributed by atoms with van der Waals surface area (Å²) in [4.78, 5) is 12.2. The van der Waals surface area contributed by atoms with Gasteiger partial charge in [0.05, 0.1) is 10.6 Å². The quantitative estimate of drug-likeness (QED) is 0.566. The molecule has 0 fully saturated rings. The summed E-state index contributed by atoms with van der Waals surface area (Å²) in [6, 6.07) is 15.6. The second-order valence-corrected chi connectivity index (χ2v) is 7.75. The number of para-hydroxylation sites is 2. The second kappa shape index (κ2) is 7.69. The second-order valence-electron chi connectivity index (χ2n) is 6.07. The Balaban J connectivity index is 1.74. The third kappa shape index (κ3) is 4.29. The predicted molar refractivity (Wildman–Crippen MR) is 104 cm³/mol. The standard InChI is InChI=1S/C20H17FN2O4S/c1-13-12-16(10-11-17(13)21)28(26,27)23-15-8-6-14(7-9-15)20(25)22-18-4-2-3-5-19(18)24/h2-12,23-24H,1H3,(H,22,25). The number of rotatable bonds is 5. The minimum Gasteiger partial charge on any atom is -0.506 e. The number of amides is 1. The number of carbonyl (C=O) groups is 1. The lowest BCUT2D eigenvalue weighted by Gasteiger charge is -2.10. The van der Waals surface area contributed by atoms with E-state index in [1.54, 1.807) is 18.2 Å². The Morgan fingerprint density at radius 2 is 1.68 bits per heavy atom. The van der Waals surface area contributed by atoms with E-state index in [1.165, 1.54) is 49.4 Å². The molecule has 0 aliphatic carbocycles. The molecule has 144 valence electrons. The van der Waals surface area contributed by atoms with Crippen LogP contribution in [-0.4, -0.2) is 19.4 Å². The van der Waals surface area contributed by atoms with Gasteiger partial charge in [-0.15, -0.1) is 0 Å². The number of hydrogen-bond donors (Lipinski definition) is 3. The molecule has 0 spiro atoms. The zero-order chi connectivity index (χ0) is 20.3. The van der Waals surface area contributed by atoms with Gasteiger partial charge in [-0.1, -0.05) is 12.1 Å². The molecule has 3 N–H and O–H groups in total. The summed E-state index contributed by atoms with van der Waals surface area (Å²) >= 11 is 0. The van der Waals surface area contributed by atoms with Crippen LogP contribution in [0.2, 0.25) is 0 Å². The van der Waals surface area contributed by atoms with Crippen LogP contribution in [0.5, 0.6) is 5.75 Å². The summed E-state index contributed by atoms with van der Waals surface area (Å²) in [6.45, 7) is 1.48. The molecular weight excluding hydrogens is 383 g/mol. The van der Waals surface area contributed by atoms with Crippen molar-refractivity contribution in [2.45, 2.75) is 11.8 Å². The number of anilines is 2. The summed E-state index contributed by atoms with van der Waals surface area (Å²) in [7, 11) is -3.89. The van der Waals surface area contributed by atoms with Gasteiger partial charge in [0.15, 0.2) is 0 Å². The first kappa shape index (κ1) is 19.4. The van der Waals surface area contributed by atoms with E-state index in [4.69, 9.17) is 0 Å². The van der Waals surface area contributed by atoms with Gasteiger partial charge in [-0.25, -0.2) is 12.8 Å². The molecule has 3 aromatic carbocycles. The average Bonchev–Trinajstić information content (AvgIpc) is 2.66. The lowest BCUT2D eigenvalue weighted by Crippen LogP contribution is -2.14. The molecule has 0 aliphatic heterocycles. The average molecular weight is 400 g/mol. The molecular formula is C20H17FN2O4S. The van der Waals surface area contributed by atoms with Gasteiger partial charge in [0.2, 0.25) is 0 Å². The van der Waals surface area contributed by atoms with E-state index in [9.17, 15) is 22.7 Å². The molecule has 0 atom stereocenters. The highest BCUT2D eigenvalue weighted by Crippen LogP contribution is 2.23. The predicted octanol–water partition coefficient (Wildman–Crippen LogP) is 3.89. The van der Waals surface area contributed by atoms with Crippen LogP contribution in [0.15, 0.2) is 71.6 Å². The van der Waals surface area contributed by atoms with Crippen molar-refractivity contribution in [2.75, 3.05) is 10.0 Å². The summed E-state index contributed by atoms with van der Waals surface area (Å²) in [5, 5.41) is 12.3. The maximum absolute atomic E-state index is 13.3. The number of halogens is 1. The van der Waals surface area contributed by atoms with E-state index >= 15 is 0 Å². The minimum absolute atomic E-state index is 0.0604. The highest BCUT2D eigenvalue weighted by Gasteiger charge is 2.16. The van der Waals surface area contributed by atoms with Crippen LogP contribution in [0.3, 0.4) is 0 Å². The molecule has 0 radical (unpaired) electrons. The van der Waals surface area contributed by atoms with Crippen molar-refractivity contribution < 1.29 is 22.7 Å². The molecule has 0 aliphatic rings. The third-order valence-electron chi connectivity index (χ3n) is 3.99. The van der Waals surface area contributed by atoms with Gasteiger partial charge >= 0.3 is 0 Å². The number of hydrogen-bond acceptors (Lipinski definition) is 4. The van der Waals surface area contributed by atoms with Crippen molar-refractivity contribution in [3.8, 4) is 5.75 Å². The highest BCUT2D eigenvalue weighted by atomic mass is 32.2. The Morgan fingerprint density at radius 3 is 2.32 bits per heavy atom. The Bertz CT molecular complexity index is 1130. The number of phenolic OH excluding ortho intramolecular Hbond substituents is 1. The van der Waals surface area contributed by atoms with E-state index in [1.807, 2.05) is 0 Å². The molecule has 0 bridgehead atoms. The van der Waals surface area contributed by atoms with Crippen molar-refractivity contribution >= 4 is 27.3 Å². The number of aromatic hydroxyl groups is 1. The Labute approximate surface area is 161 Å². The van der Waals surface area contributed by atoms with Crippen LogP contribution in [0.25, 0.3) is 0 Å². The highest BCUT2D eigenvalue weighted by molar-refractivity contribution is 7.92. The largest absolute Gasteiger partial charge is 0.506 e. The molecule has 0 saturated heterocycles. The SMILES string of the molecule is Cc1cc(S(=O)(=O)Nc2ccc(C(=O)Nc3ccccc3O)cc2)ccc1F. The lowest BCUT2D eigenvalue weighted by atomic mass is 10.2. The molecule has 3 rings (SSSR count). The van der Waals surface area contributed by atoms with Crippen molar-refractivity contribution in [2.24, 2.45) is 0 Å². The molecule has 1 amide bonds. The molecule has 0 heterocycles. The van der Waals surface area contributed by atoms with Gasteiger partial charge in [-0.2, -0.15) is 0 Å². The summed E-state index contributed by atoms with van der Waals surface area (Å²) in [6.07, 6.45) is 0. The topological polar surface area (TPSA) is 95.5 Å². The van der Waals surface area contributed by atoms with Crippen LogP contribution < -0.4 is 10.0 Å². The molecule has 0 aromatic heterocycles. The summed E-state index contributed by atoms with van der Waals surface area (Å²) < 4.78 is 40.6. The van der Waals surface area contributed by atoms with E-state index in [-0.39, 0.29) is 33.1 Å². The van der Waals surface area contributed by atoms with Gasteiger partial charge in [0.25, 0.3) is 15.9 Å². The number of aryl methyl sites for hydroxylation is 1. The van der Waals surface area contributed by atoms with E-state index in [2.05, 4.69) is 10.0 Å². The number of sulfonamides is 1. The van der Waals surface area contributed by atoms with E-state index in [0.29, 0.717) is 0 Å². The molecule has 3 aromatic rings. The summed E-state index contributed by atoms with van der Waals surface area (Å²) in [5.74, 6) is -1.00. The van der Waals surface area contributed by atoms with Crippen LogP contribution in [0.4, 0.5) is 15.8 Å². The fraction of sp³-hybridized carbons (Fsp3) is 0.0500. The Hall–Kier alpha value is -3.39. The molecule has 0 saturated carbocycles. The van der Waals surface area contributed by atoms with Crippen molar-refractivity contribution in [3.63, 3.8) is 0 Å². The number of nitrogens with one attached hydrogen (secondary N) is 2. The number of benzene rings is 3. The van der Waals surface area contributed by atoms with Crippen molar-refractivity contribution in [1.82, 2.24) is 0 Å². The van der Waals surface area contributed by atoms with E-state index < -0.39 is 21.7 Å². The summed E-state index contributed by atoms with van der Waals surface area (Å²) in [5.41, 5.74) is 1.02. The molecule has 8 heteroatoms. The van der Waals surface area contributed by atoms with Crippen molar-refractivity contribution in [3.05, 3.63) is 83.7 Å². The molecule has 0 unspecified atom stereocenters. The smallest absolute Gasteiger partial charge is 0.261 e. The van der Waals surface area contributed by atoms with Gasteiger partial charge in [-0.3, -0.25) is 9.52 Å². The van der Waals surface area contributed by atoms with Gasteiger partial charge in [-0.05, 0) is 67.1 Å². The molecule has 6 nitrogen and oxygen atoms in total. The minimum atomic E-state index is -3.89. The third-order valence-corrected chi connectivity index (χ3v) is 5.37. The zero-order valence-corrected chi connectivity index (χ0v) is 15.6. The van der Waals surface area contributed by atoms with Crippen LogP contribution in [0, 0.1) is 12.7 Å². The normalized spacial score (nSPS) is 11.1. The van der Waals surface area contributed by atoms with Crippen molar-refractivity contribution in [1.29, 1.82) is 0 Å². The fourth-order valence-corrected chi connectivity index (χ4v) is 3.61. The lowest BCUT2D eigenvalue weighted by molar-refractivity contribution is 0.102. The van der Waals surface area contributed by atoms with Crippen LogP contribution >= 0.6 is 0 Å². The maximum atomic E-state index is 13.3. The van der Waals surface area contributed by atoms with Gasteiger partial charge in [0.1, 0.15) is 11.6 Å². The maximum Gasteiger partial charge on any atom is 0.261 e. The first-order valence-corrected chi connectivity index (χ1v) is 9.73. The first-order chi connectivity index (χ1) is 13.3. The van der Waals surface area contributed by atoms with Crippen LogP contribution in [0.1, 0.15) is 15.9 Å². The first-order valence-electron chi connectivity index (χ1n) is 8.25.